The number of aromatic nitrogens is 2. The topological polar surface area (TPSA) is 68.4 Å². The third-order valence-electron chi connectivity index (χ3n) is 2.31. The summed E-state index contributed by atoms with van der Waals surface area (Å²) in [7, 11) is 1.62. The Morgan fingerprint density at radius 3 is 2.67 bits per heavy atom. The van der Waals surface area contributed by atoms with Gasteiger partial charge in [-0.2, -0.15) is 4.98 Å². The summed E-state index contributed by atoms with van der Waals surface area (Å²) >= 11 is 0. The molecule has 0 aromatic carbocycles. The molecule has 0 aliphatic carbocycles. The molecule has 15 heavy (non-hydrogen) atoms. The van der Waals surface area contributed by atoms with Crippen LogP contribution in [0.25, 0.3) is 0 Å². The molecule has 5 heteroatoms. The van der Waals surface area contributed by atoms with Crippen LogP contribution >= 0.6 is 0 Å². The first kappa shape index (κ1) is 12.1. The molecule has 86 valence electrons. The average Bonchev–Trinajstić information content (AvgIpc) is 2.68. The number of rotatable bonds is 6. The number of hydrogen-bond acceptors (Lipinski definition) is 5. The number of aliphatic hydroxyl groups excluding tert-OH is 1. The van der Waals surface area contributed by atoms with Gasteiger partial charge in [-0.05, 0) is 12.8 Å². The molecule has 1 N–H and O–H groups in total. The van der Waals surface area contributed by atoms with Gasteiger partial charge in [0.2, 0.25) is 11.7 Å². The number of aliphatic hydroxyl groups is 1. The Morgan fingerprint density at radius 2 is 2.13 bits per heavy atom. The lowest BCUT2D eigenvalue weighted by Crippen LogP contribution is -2.09. The second-order valence-electron chi connectivity index (χ2n) is 3.45. The summed E-state index contributed by atoms with van der Waals surface area (Å²) in [4.78, 5) is 4.18. The van der Waals surface area contributed by atoms with Gasteiger partial charge < -0.3 is 14.4 Å². The van der Waals surface area contributed by atoms with Crippen molar-refractivity contribution in [3.63, 3.8) is 0 Å². The lowest BCUT2D eigenvalue weighted by Gasteiger charge is -2.06. The highest BCUT2D eigenvalue weighted by Crippen LogP contribution is 2.17. The highest BCUT2D eigenvalue weighted by atomic mass is 16.5. The van der Waals surface area contributed by atoms with Gasteiger partial charge in [-0.15, -0.1) is 0 Å². The number of nitrogens with zero attached hydrogens (tertiary/aromatic N) is 2. The number of ether oxygens (including phenoxy) is 1. The van der Waals surface area contributed by atoms with Crippen molar-refractivity contribution in [1.29, 1.82) is 0 Å². The fourth-order valence-corrected chi connectivity index (χ4v) is 1.28. The SMILES string of the molecule is CCC(O)Cc1nc(C(CC)OC)no1. The average molecular weight is 214 g/mol. The summed E-state index contributed by atoms with van der Waals surface area (Å²) < 4.78 is 10.2. The highest BCUT2D eigenvalue weighted by Gasteiger charge is 2.17. The largest absolute Gasteiger partial charge is 0.393 e. The van der Waals surface area contributed by atoms with Gasteiger partial charge in [0.15, 0.2) is 0 Å². The fraction of sp³-hybridized carbons (Fsp3) is 0.800. The normalized spacial score (nSPS) is 15.2. The van der Waals surface area contributed by atoms with Crippen molar-refractivity contribution in [2.75, 3.05) is 7.11 Å². The van der Waals surface area contributed by atoms with E-state index in [1.807, 2.05) is 13.8 Å². The Morgan fingerprint density at radius 1 is 1.40 bits per heavy atom. The molecule has 0 bridgehead atoms. The van der Waals surface area contributed by atoms with Crippen LogP contribution in [0.1, 0.15) is 44.5 Å². The van der Waals surface area contributed by atoms with E-state index < -0.39 is 6.10 Å². The molecule has 1 rings (SSSR count). The molecule has 0 amide bonds. The second kappa shape index (κ2) is 5.82. The summed E-state index contributed by atoms with van der Waals surface area (Å²) in [6.07, 6.45) is 1.34. The molecule has 0 radical (unpaired) electrons. The number of methoxy groups -OCH3 is 1. The lowest BCUT2D eigenvalue weighted by molar-refractivity contribution is 0.0903. The summed E-state index contributed by atoms with van der Waals surface area (Å²) in [6.45, 7) is 3.90. The minimum Gasteiger partial charge on any atom is -0.393 e. The standard InChI is InChI=1S/C10H18N2O3/c1-4-7(13)6-9-11-10(12-15-9)8(5-2)14-3/h7-8,13H,4-6H2,1-3H3. The van der Waals surface area contributed by atoms with Gasteiger partial charge in [0.05, 0.1) is 12.5 Å². The molecule has 1 aromatic heterocycles. The van der Waals surface area contributed by atoms with Crippen LogP contribution in [0, 0.1) is 0 Å². The maximum atomic E-state index is 9.41. The van der Waals surface area contributed by atoms with Crippen LogP contribution in [-0.4, -0.2) is 28.5 Å². The first-order valence-electron chi connectivity index (χ1n) is 5.24. The van der Waals surface area contributed by atoms with E-state index in [1.165, 1.54) is 0 Å². The molecule has 0 fully saturated rings. The van der Waals surface area contributed by atoms with Gasteiger partial charge >= 0.3 is 0 Å². The summed E-state index contributed by atoms with van der Waals surface area (Å²) in [5.41, 5.74) is 0. The van der Waals surface area contributed by atoms with E-state index in [0.717, 1.165) is 6.42 Å². The molecule has 1 heterocycles. The maximum Gasteiger partial charge on any atom is 0.229 e. The Labute approximate surface area is 89.4 Å². The van der Waals surface area contributed by atoms with Crippen LogP contribution in [0.15, 0.2) is 4.52 Å². The van der Waals surface area contributed by atoms with Gasteiger partial charge in [0.25, 0.3) is 0 Å². The molecular weight excluding hydrogens is 196 g/mol. The highest BCUT2D eigenvalue weighted by molar-refractivity contribution is 4.92. The van der Waals surface area contributed by atoms with Gasteiger partial charge in [-0.25, -0.2) is 0 Å². The van der Waals surface area contributed by atoms with E-state index in [9.17, 15) is 5.11 Å². The van der Waals surface area contributed by atoms with Crippen molar-refractivity contribution in [2.24, 2.45) is 0 Å². The van der Waals surface area contributed by atoms with Crippen LogP contribution in [0.3, 0.4) is 0 Å². The van der Waals surface area contributed by atoms with Gasteiger partial charge in [0, 0.05) is 7.11 Å². The van der Waals surface area contributed by atoms with Crippen molar-refractivity contribution in [2.45, 2.75) is 45.3 Å². The summed E-state index contributed by atoms with van der Waals surface area (Å²) in [5.74, 6) is 1.02. The molecule has 5 nitrogen and oxygen atoms in total. The van der Waals surface area contributed by atoms with E-state index in [4.69, 9.17) is 9.26 Å². The minimum absolute atomic E-state index is 0.124. The monoisotopic (exact) mass is 214 g/mol. The fourth-order valence-electron chi connectivity index (χ4n) is 1.28. The van der Waals surface area contributed by atoms with Crippen molar-refractivity contribution in [3.05, 3.63) is 11.7 Å². The molecular formula is C10H18N2O3. The van der Waals surface area contributed by atoms with Gasteiger partial charge in [-0.3, -0.25) is 0 Å². The van der Waals surface area contributed by atoms with Crippen LogP contribution in [-0.2, 0) is 11.2 Å². The molecule has 1 aromatic rings. The Bertz CT molecular complexity index is 284. The first-order chi connectivity index (χ1) is 7.21. The third-order valence-corrected chi connectivity index (χ3v) is 2.31. The molecule has 0 saturated heterocycles. The quantitative estimate of drug-likeness (QED) is 0.776. The zero-order chi connectivity index (χ0) is 11.3. The molecule has 0 spiro atoms. The van der Waals surface area contributed by atoms with Gasteiger partial charge in [-0.1, -0.05) is 19.0 Å². The Balaban J connectivity index is 2.63. The maximum absolute atomic E-state index is 9.41. The van der Waals surface area contributed by atoms with Crippen LogP contribution in [0.2, 0.25) is 0 Å². The third kappa shape index (κ3) is 3.28. The molecule has 0 aliphatic heterocycles. The second-order valence-corrected chi connectivity index (χ2v) is 3.45. The Kier molecular flexibility index (Phi) is 4.71. The minimum atomic E-state index is -0.416. The van der Waals surface area contributed by atoms with E-state index in [2.05, 4.69) is 10.1 Å². The molecule has 0 saturated carbocycles. The summed E-state index contributed by atoms with van der Waals surface area (Å²) in [5, 5.41) is 13.2. The Hall–Kier alpha value is -0.940. The number of hydrogen-bond donors (Lipinski definition) is 1. The molecule has 2 unspecified atom stereocenters. The predicted molar refractivity (Wildman–Crippen MR) is 54.3 cm³/mol. The lowest BCUT2D eigenvalue weighted by atomic mass is 10.2. The zero-order valence-corrected chi connectivity index (χ0v) is 9.43. The van der Waals surface area contributed by atoms with Crippen molar-refractivity contribution in [3.8, 4) is 0 Å². The smallest absolute Gasteiger partial charge is 0.229 e. The van der Waals surface area contributed by atoms with Crippen LogP contribution in [0.5, 0.6) is 0 Å². The van der Waals surface area contributed by atoms with Crippen LogP contribution < -0.4 is 0 Å². The molecule has 0 aliphatic rings. The summed E-state index contributed by atoms with van der Waals surface area (Å²) in [6, 6.07) is 0. The van der Waals surface area contributed by atoms with E-state index in [0.29, 0.717) is 24.6 Å². The van der Waals surface area contributed by atoms with Crippen molar-refractivity contribution in [1.82, 2.24) is 10.1 Å². The van der Waals surface area contributed by atoms with E-state index >= 15 is 0 Å². The van der Waals surface area contributed by atoms with Crippen LogP contribution in [0.4, 0.5) is 0 Å². The van der Waals surface area contributed by atoms with Crippen molar-refractivity contribution < 1.29 is 14.4 Å². The van der Waals surface area contributed by atoms with E-state index in [1.54, 1.807) is 7.11 Å². The zero-order valence-electron chi connectivity index (χ0n) is 9.43. The van der Waals surface area contributed by atoms with E-state index in [-0.39, 0.29) is 6.10 Å². The molecule has 2 atom stereocenters. The predicted octanol–water partition coefficient (Wildman–Crippen LogP) is 1.48. The first-order valence-corrected chi connectivity index (χ1v) is 5.24. The van der Waals surface area contributed by atoms with Gasteiger partial charge in [0.1, 0.15) is 6.10 Å². The van der Waals surface area contributed by atoms with Crippen molar-refractivity contribution >= 4 is 0 Å².